The Morgan fingerprint density at radius 2 is 1.70 bits per heavy atom. The van der Waals surface area contributed by atoms with E-state index in [1.165, 1.54) is 51.9 Å². The van der Waals surface area contributed by atoms with Crippen molar-refractivity contribution in [3.8, 4) is 0 Å². The zero-order chi connectivity index (χ0) is 15.1. The molecule has 1 atom stereocenters. The number of unbranched alkanes of at least 4 members (excludes halogenated alkanes) is 7. The van der Waals surface area contributed by atoms with Gasteiger partial charge in [-0.3, -0.25) is 4.79 Å². The van der Waals surface area contributed by atoms with Gasteiger partial charge in [-0.05, 0) is 37.8 Å². The molecule has 0 aliphatic rings. The summed E-state index contributed by atoms with van der Waals surface area (Å²) in [5.41, 5.74) is 3.17. The van der Waals surface area contributed by atoms with Crippen LogP contribution in [0.2, 0.25) is 0 Å². The molecule has 0 heterocycles. The monoisotopic (exact) mass is 280 g/mol. The zero-order valence-electron chi connectivity index (χ0n) is 13.6. The van der Waals surface area contributed by atoms with E-state index in [1.54, 1.807) is 0 Å². The van der Waals surface area contributed by atoms with Crippen LogP contribution >= 0.6 is 0 Å². The van der Waals surface area contributed by atoms with E-state index < -0.39 is 0 Å². The zero-order valence-corrected chi connectivity index (χ0v) is 13.6. The Bertz CT molecular complexity index is 288. The van der Waals surface area contributed by atoms with Crippen molar-refractivity contribution < 1.29 is 9.53 Å². The SMILES string of the molecule is CCCCCC=C=C[C@@H](CCCCCCC)OC(C)=O. The summed E-state index contributed by atoms with van der Waals surface area (Å²) in [5.74, 6) is -0.201. The van der Waals surface area contributed by atoms with E-state index in [0.29, 0.717) is 0 Å². The molecule has 0 unspecified atom stereocenters. The molecule has 0 aliphatic heterocycles. The number of hydrogen-bond acceptors (Lipinski definition) is 2. The van der Waals surface area contributed by atoms with E-state index in [0.717, 1.165) is 19.3 Å². The van der Waals surface area contributed by atoms with Crippen LogP contribution in [0.15, 0.2) is 17.9 Å². The van der Waals surface area contributed by atoms with Crippen molar-refractivity contribution in [3.05, 3.63) is 17.9 Å². The lowest BCUT2D eigenvalue weighted by Gasteiger charge is -2.11. The van der Waals surface area contributed by atoms with Crippen molar-refractivity contribution in [3.63, 3.8) is 0 Å². The van der Waals surface area contributed by atoms with Gasteiger partial charge in [-0.2, -0.15) is 0 Å². The first-order valence-corrected chi connectivity index (χ1v) is 8.29. The molecule has 0 saturated heterocycles. The van der Waals surface area contributed by atoms with E-state index in [-0.39, 0.29) is 12.1 Å². The van der Waals surface area contributed by atoms with Crippen molar-refractivity contribution in [1.82, 2.24) is 0 Å². The number of hydrogen-bond donors (Lipinski definition) is 0. The van der Waals surface area contributed by atoms with Crippen LogP contribution < -0.4 is 0 Å². The molecule has 0 saturated carbocycles. The Kier molecular flexibility index (Phi) is 13.7. The van der Waals surface area contributed by atoms with Crippen LogP contribution in [0.25, 0.3) is 0 Å². The Balaban J connectivity index is 4.00. The maximum atomic E-state index is 11.1. The highest BCUT2D eigenvalue weighted by Crippen LogP contribution is 2.10. The smallest absolute Gasteiger partial charge is 0.303 e. The largest absolute Gasteiger partial charge is 0.458 e. The summed E-state index contributed by atoms with van der Waals surface area (Å²) in [6, 6.07) is 0. The summed E-state index contributed by atoms with van der Waals surface area (Å²) in [5, 5.41) is 0. The fourth-order valence-corrected chi connectivity index (χ4v) is 2.09. The van der Waals surface area contributed by atoms with Crippen LogP contribution in [0.3, 0.4) is 0 Å². The van der Waals surface area contributed by atoms with Gasteiger partial charge < -0.3 is 4.74 Å². The van der Waals surface area contributed by atoms with E-state index in [1.807, 2.05) is 6.08 Å². The van der Waals surface area contributed by atoms with Gasteiger partial charge >= 0.3 is 5.97 Å². The van der Waals surface area contributed by atoms with Gasteiger partial charge in [0.2, 0.25) is 0 Å². The lowest BCUT2D eigenvalue weighted by atomic mass is 10.1. The van der Waals surface area contributed by atoms with E-state index in [2.05, 4.69) is 25.7 Å². The molecular formula is C18H32O2. The highest BCUT2D eigenvalue weighted by atomic mass is 16.5. The molecule has 20 heavy (non-hydrogen) atoms. The third kappa shape index (κ3) is 13.4. The van der Waals surface area contributed by atoms with Gasteiger partial charge in [-0.15, -0.1) is 5.73 Å². The third-order valence-electron chi connectivity index (χ3n) is 3.26. The molecular weight excluding hydrogens is 248 g/mol. The molecule has 0 amide bonds. The van der Waals surface area contributed by atoms with E-state index in [4.69, 9.17) is 4.74 Å². The minimum absolute atomic E-state index is 0.100. The normalized spacial score (nSPS) is 11.6. The fourth-order valence-electron chi connectivity index (χ4n) is 2.09. The molecule has 2 nitrogen and oxygen atoms in total. The molecule has 116 valence electrons. The van der Waals surface area contributed by atoms with E-state index >= 15 is 0 Å². The quantitative estimate of drug-likeness (QED) is 0.265. The van der Waals surface area contributed by atoms with Gasteiger partial charge in [0.05, 0.1) is 0 Å². The van der Waals surface area contributed by atoms with Crippen molar-refractivity contribution in [2.75, 3.05) is 0 Å². The van der Waals surface area contributed by atoms with Crippen LogP contribution in [0.1, 0.15) is 85.0 Å². The van der Waals surface area contributed by atoms with Gasteiger partial charge in [0, 0.05) is 6.92 Å². The summed E-state index contributed by atoms with van der Waals surface area (Å²) < 4.78 is 5.31. The lowest BCUT2D eigenvalue weighted by molar-refractivity contribution is -0.144. The molecule has 2 heteroatoms. The average molecular weight is 280 g/mol. The van der Waals surface area contributed by atoms with Crippen LogP contribution in [0, 0.1) is 0 Å². The summed E-state index contributed by atoms with van der Waals surface area (Å²) in [7, 11) is 0. The molecule has 0 bridgehead atoms. The molecule has 0 aromatic heterocycles. The summed E-state index contributed by atoms with van der Waals surface area (Å²) in [4.78, 5) is 11.1. The second-order valence-electron chi connectivity index (χ2n) is 5.38. The number of esters is 1. The van der Waals surface area contributed by atoms with Crippen LogP contribution in [0.5, 0.6) is 0 Å². The molecule has 0 spiro atoms. The topological polar surface area (TPSA) is 26.3 Å². The maximum Gasteiger partial charge on any atom is 0.303 e. The van der Waals surface area contributed by atoms with Gasteiger partial charge in [0.25, 0.3) is 0 Å². The lowest BCUT2D eigenvalue weighted by Crippen LogP contribution is -2.13. The van der Waals surface area contributed by atoms with Gasteiger partial charge in [0.15, 0.2) is 0 Å². The van der Waals surface area contributed by atoms with Crippen LogP contribution in [-0.4, -0.2) is 12.1 Å². The van der Waals surface area contributed by atoms with E-state index in [9.17, 15) is 4.79 Å². The molecule has 0 aromatic rings. The highest BCUT2D eigenvalue weighted by molar-refractivity contribution is 5.66. The first kappa shape index (κ1) is 19.0. The average Bonchev–Trinajstić information content (AvgIpc) is 2.41. The Hall–Kier alpha value is -1.01. The van der Waals surface area contributed by atoms with Gasteiger partial charge in [0.1, 0.15) is 6.10 Å². The highest BCUT2D eigenvalue weighted by Gasteiger charge is 2.07. The third-order valence-corrected chi connectivity index (χ3v) is 3.26. The predicted molar refractivity (Wildman–Crippen MR) is 85.7 cm³/mol. The van der Waals surface area contributed by atoms with Gasteiger partial charge in [-0.1, -0.05) is 52.4 Å². The Morgan fingerprint density at radius 1 is 1.05 bits per heavy atom. The Morgan fingerprint density at radius 3 is 2.35 bits per heavy atom. The van der Waals surface area contributed by atoms with Crippen molar-refractivity contribution in [2.24, 2.45) is 0 Å². The molecule has 0 fully saturated rings. The number of rotatable bonds is 12. The minimum atomic E-state index is -0.201. The standard InChI is InChI=1S/C18H32O2/c1-4-6-8-10-12-14-16-18(20-17(3)19)15-13-11-9-7-5-2/h12,16,18H,4-11,13,15H2,1-3H3/t14?,18-/m1/s1. The molecule has 0 N–H and O–H groups in total. The predicted octanol–water partition coefficient (Wildman–Crippen LogP) is 5.57. The van der Waals surface area contributed by atoms with Crippen molar-refractivity contribution >= 4 is 5.97 Å². The summed E-state index contributed by atoms with van der Waals surface area (Å²) in [6.45, 7) is 5.89. The molecule has 0 aliphatic carbocycles. The van der Waals surface area contributed by atoms with Crippen LogP contribution in [0.4, 0.5) is 0 Å². The fraction of sp³-hybridized carbons (Fsp3) is 0.778. The van der Waals surface area contributed by atoms with Crippen molar-refractivity contribution in [2.45, 2.75) is 91.1 Å². The van der Waals surface area contributed by atoms with Gasteiger partial charge in [-0.25, -0.2) is 0 Å². The number of carbonyl (C=O) groups excluding carboxylic acids is 1. The van der Waals surface area contributed by atoms with Crippen LogP contribution in [-0.2, 0) is 9.53 Å². The number of ether oxygens (including phenoxy) is 1. The summed E-state index contributed by atoms with van der Waals surface area (Å²) in [6.07, 6.45) is 15.7. The number of carbonyl (C=O) groups is 1. The minimum Gasteiger partial charge on any atom is -0.458 e. The molecule has 0 aromatic carbocycles. The summed E-state index contributed by atoms with van der Waals surface area (Å²) >= 11 is 0. The first-order chi connectivity index (χ1) is 9.70. The maximum absolute atomic E-state index is 11.1. The molecule has 0 rings (SSSR count). The van der Waals surface area contributed by atoms with Crippen molar-refractivity contribution in [1.29, 1.82) is 0 Å². The second-order valence-corrected chi connectivity index (χ2v) is 5.38. The Labute approximate surface area is 125 Å². The second kappa shape index (κ2) is 14.4. The molecule has 0 radical (unpaired) electrons. The first-order valence-electron chi connectivity index (χ1n) is 8.29.